The highest BCUT2D eigenvalue weighted by Crippen LogP contribution is 2.30. The van der Waals surface area contributed by atoms with Gasteiger partial charge in [0.2, 0.25) is 0 Å². The van der Waals surface area contributed by atoms with Gasteiger partial charge in [0.15, 0.2) is 0 Å². The van der Waals surface area contributed by atoms with Crippen molar-refractivity contribution in [1.82, 2.24) is 4.98 Å². The molecule has 2 rings (SSSR count). The molecule has 2 nitrogen and oxygen atoms in total. The van der Waals surface area contributed by atoms with Crippen LogP contribution in [-0.2, 0) is 12.0 Å². The molecular formula is C15H20N2S. The fraction of sp³-hybridized carbons (Fsp3) is 0.400. The predicted molar refractivity (Wildman–Crippen MR) is 78.9 cm³/mol. The lowest BCUT2D eigenvalue weighted by Crippen LogP contribution is -2.11. The number of hydrogen-bond donors (Lipinski definition) is 1. The second-order valence-corrected chi connectivity index (χ2v) is 6.55. The monoisotopic (exact) mass is 260 g/mol. The quantitative estimate of drug-likeness (QED) is 0.890. The van der Waals surface area contributed by atoms with E-state index >= 15 is 0 Å². The van der Waals surface area contributed by atoms with Crippen LogP contribution in [0.3, 0.4) is 0 Å². The maximum atomic E-state index is 5.63. The molecule has 1 heterocycles. The number of hydrogen-bond acceptors (Lipinski definition) is 3. The standard InChI is InChI=1S/C15H20N2S/c1-10-5-6-11(15(2,3)4)7-12(10)13-9-18-14(8-16)17-13/h5-7,9H,8,16H2,1-4H3. The van der Waals surface area contributed by atoms with E-state index in [1.54, 1.807) is 11.3 Å². The summed E-state index contributed by atoms with van der Waals surface area (Å²) in [6.45, 7) is 9.33. The first-order chi connectivity index (χ1) is 8.41. The van der Waals surface area contributed by atoms with E-state index < -0.39 is 0 Å². The van der Waals surface area contributed by atoms with Crippen molar-refractivity contribution in [2.24, 2.45) is 5.73 Å². The lowest BCUT2D eigenvalue weighted by molar-refractivity contribution is 0.590. The summed E-state index contributed by atoms with van der Waals surface area (Å²) in [5.41, 5.74) is 10.7. The zero-order chi connectivity index (χ0) is 13.3. The van der Waals surface area contributed by atoms with E-state index in [9.17, 15) is 0 Å². The minimum absolute atomic E-state index is 0.162. The minimum atomic E-state index is 0.162. The molecule has 0 aliphatic carbocycles. The lowest BCUT2D eigenvalue weighted by atomic mass is 9.85. The van der Waals surface area contributed by atoms with Gasteiger partial charge in [-0.1, -0.05) is 32.9 Å². The summed E-state index contributed by atoms with van der Waals surface area (Å²) >= 11 is 1.63. The van der Waals surface area contributed by atoms with E-state index in [4.69, 9.17) is 5.73 Å². The first-order valence-corrected chi connectivity index (χ1v) is 7.06. The normalized spacial score (nSPS) is 11.8. The summed E-state index contributed by atoms with van der Waals surface area (Å²) < 4.78 is 0. The number of thiazole rings is 1. The molecule has 0 radical (unpaired) electrons. The third kappa shape index (κ3) is 2.62. The van der Waals surface area contributed by atoms with E-state index in [1.165, 1.54) is 16.7 Å². The van der Waals surface area contributed by atoms with Crippen LogP contribution in [0.25, 0.3) is 11.3 Å². The molecule has 18 heavy (non-hydrogen) atoms. The number of aryl methyl sites for hydroxylation is 1. The highest BCUT2D eigenvalue weighted by Gasteiger charge is 2.16. The molecular weight excluding hydrogens is 240 g/mol. The summed E-state index contributed by atoms with van der Waals surface area (Å²) in [5, 5.41) is 3.09. The molecule has 1 aromatic heterocycles. The lowest BCUT2D eigenvalue weighted by Gasteiger charge is -2.20. The number of nitrogens with two attached hydrogens (primary N) is 1. The first-order valence-electron chi connectivity index (χ1n) is 6.18. The van der Waals surface area contributed by atoms with Gasteiger partial charge < -0.3 is 5.73 Å². The third-order valence-corrected chi connectivity index (χ3v) is 3.98. The summed E-state index contributed by atoms with van der Waals surface area (Å²) in [7, 11) is 0. The Hall–Kier alpha value is -1.19. The smallest absolute Gasteiger partial charge is 0.107 e. The zero-order valence-corrected chi connectivity index (χ0v) is 12.3. The molecule has 0 bridgehead atoms. The summed E-state index contributed by atoms with van der Waals surface area (Å²) in [6, 6.07) is 6.64. The van der Waals surface area contributed by atoms with Gasteiger partial charge in [-0.25, -0.2) is 4.98 Å². The van der Waals surface area contributed by atoms with Gasteiger partial charge in [0.25, 0.3) is 0 Å². The van der Waals surface area contributed by atoms with Crippen molar-refractivity contribution in [2.75, 3.05) is 0 Å². The molecule has 0 unspecified atom stereocenters. The molecule has 0 saturated carbocycles. The van der Waals surface area contributed by atoms with Crippen LogP contribution in [0.1, 0.15) is 36.9 Å². The van der Waals surface area contributed by atoms with Crippen molar-refractivity contribution in [1.29, 1.82) is 0 Å². The van der Waals surface area contributed by atoms with Crippen LogP contribution in [0, 0.1) is 6.92 Å². The van der Waals surface area contributed by atoms with E-state index in [-0.39, 0.29) is 5.41 Å². The molecule has 2 aromatic rings. The Kier molecular flexibility index (Phi) is 3.55. The average Bonchev–Trinajstić information content (AvgIpc) is 2.76. The van der Waals surface area contributed by atoms with Gasteiger partial charge in [0.05, 0.1) is 5.69 Å². The molecule has 0 saturated heterocycles. The van der Waals surface area contributed by atoms with Crippen molar-refractivity contribution in [3.8, 4) is 11.3 Å². The second kappa shape index (κ2) is 4.82. The van der Waals surface area contributed by atoms with Crippen molar-refractivity contribution in [3.05, 3.63) is 39.7 Å². The second-order valence-electron chi connectivity index (χ2n) is 5.61. The molecule has 1 aromatic carbocycles. The highest BCUT2D eigenvalue weighted by atomic mass is 32.1. The average molecular weight is 260 g/mol. The van der Waals surface area contributed by atoms with Crippen LogP contribution in [0.2, 0.25) is 0 Å². The summed E-state index contributed by atoms with van der Waals surface area (Å²) in [6.07, 6.45) is 0. The van der Waals surface area contributed by atoms with Crippen molar-refractivity contribution < 1.29 is 0 Å². The summed E-state index contributed by atoms with van der Waals surface area (Å²) in [5.74, 6) is 0. The van der Waals surface area contributed by atoms with E-state index in [1.807, 2.05) is 0 Å². The molecule has 0 atom stereocenters. The van der Waals surface area contributed by atoms with Crippen LogP contribution in [0.4, 0.5) is 0 Å². The SMILES string of the molecule is Cc1ccc(C(C)(C)C)cc1-c1csc(CN)n1. The van der Waals surface area contributed by atoms with E-state index in [0.717, 1.165) is 10.7 Å². The Morgan fingerprint density at radius 2 is 2.00 bits per heavy atom. The zero-order valence-electron chi connectivity index (χ0n) is 11.4. The van der Waals surface area contributed by atoms with Crippen LogP contribution in [0.15, 0.2) is 23.6 Å². The van der Waals surface area contributed by atoms with Gasteiger partial charge in [0, 0.05) is 17.5 Å². The topological polar surface area (TPSA) is 38.9 Å². The van der Waals surface area contributed by atoms with Gasteiger partial charge in [0.1, 0.15) is 5.01 Å². The maximum Gasteiger partial charge on any atom is 0.107 e. The van der Waals surface area contributed by atoms with Gasteiger partial charge >= 0.3 is 0 Å². The van der Waals surface area contributed by atoms with E-state index in [0.29, 0.717) is 6.54 Å². The minimum Gasteiger partial charge on any atom is -0.325 e. The molecule has 0 spiro atoms. The molecule has 0 fully saturated rings. The Bertz CT molecular complexity index is 550. The van der Waals surface area contributed by atoms with Gasteiger partial charge in [-0.3, -0.25) is 0 Å². The predicted octanol–water partition coefficient (Wildman–Crippen LogP) is 3.87. The van der Waals surface area contributed by atoms with Crippen LogP contribution >= 0.6 is 11.3 Å². The summed E-state index contributed by atoms with van der Waals surface area (Å²) in [4.78, 5) is 4.58. The Balaban J connectivity index is 2.49. The van der Waals surface area contributed by atoms with Crippen LogP contribution < -0.4 is 5.73 Å². The van der Waals surface area contributed by atoms with Gasteiger partial charge in [-0.15, -0.1) is 11.3 Å². The first kappa shape index (κ1) is 13.2. The van der Waals surface area contributed by atoms with E-state index in [2.05, 4.69) is 56.3 Å². The third-order valence-electron chi connectivity index (χ3n) is 3.11. The number of aromatic nitrogens is 1. The molecule has 96 valence electrons. The molecule has 3 heteroatoms. The van der Waals surface area contributed by atoms with Crippen LogP contribution in [-0.4, -0.2) is 4.98 Å². The van der Waals surface area contributed by atoms with Crippen molar-refractivity contribution >= 4 is 11.3 Å². The highest BCUT2D eigenvalue weighted by molar-refractivity contribution is 7.09. The maximum absolute atomic E-state index is 5.63. The van der Waals surface area contributed by atoms with Crippen LogP contribution in [0.5, 0.6) is 0 Å². The van der Waals surface area contributed by atoms with Crippen molar-refractivity contribution in [2.45, 2.75) is 39.7 Å². The van der Waals surface area contributed by atoms with Gasteiger partial charge in [-0.2, -0.15) is 0 Å². The molecule has 0 amide bonds. The van der Waals surface area contributed by atoms with Crippen molar-refractivity contribution in [3.63, 3.8) is 0 Å². The largest absolute Gasteiger partial charge is 0.325 e. The Morgan fingerprint density at radius 3 is 2.56 bits per heavy atom. The fourth-order valence-electron chi connectivity index (χ4n) is 1.89. The molecule has 0 aliphatic rings. The Morgan fingerprint density at radius 1 is 1.28 bits per heavy atom. The molecule has 0 aliphatic heterocycles. The van der Waals surface area contributed by atoms with Gasteiger partial charge in [-0.05, 0) is 29.5 Å². The fourth-order valence-corrected chi connectivity index (χ4v) is 2.57. The number of nitrogens with zero attached hydrogens (tertiary/aromatic N) is 1. The molecule has 2 N–H and O–H groups in total. The number of rotatable bonds is 2. The Labute approximate surface area is 113 Å². The number of benzene rings is 1.